The lowest BCUT2D eigenvalue weighted by molar-refractivity contribution is -0.119. The van der Waals surface area contributed by atoms with Gasteiger partial charge in [-0.1, -0.05) is 47.5 Å². The molecular formula is C31H31N3O4S2. The number of amides is 1. The third-order valence-corrected chi connectivity index (χ3v) is 8.60. The highest BCUT2D eigenvalue weighted by molar-refractivity contribution is 7.98. The summed E-state index contributed by atoms with van der Waals surface area (Å²) in [6, 6.07) is 29.0. The van der Waals surface area contributed by atoms with E-state index in [-0.39, 0.29) is 4.90 Å². The third kappa shape index (κ3) is 7.74. The minimum Gasteiger partial charge on any atom is -0.489 e. The van der Waals surface area contributed by atoms with Crippen LogP contribution in [0.1, 0.15) is 22.3 Å². The van der Waals surface area contributed by atoms with Crippen LogP contribution in [-0.2, 0) is 21.4 Å². The number of ether oxygens (including phenoxy) is 1. The van der Waals surface area contributed by atoms with E-state index in [2.05, 4.69) is 10.5 Å². The van der Waals surface area contributed by atoms with Gasteiger partial charge in [-0.25, -0.2) is 13.8 Å². The van der Waals surface area contributed by atoms with Gasteiger partial charge in [0.25, 0.3) is 15.9 Å². The Kier molecular flexibility index (Phi) is 9.63. The van der Waals surface area contributed by atoms with E-state index in [0.717, 1.165) is 25.9 Å². The molecule has 0 aliphatic rings. The van der Waals surface area contributed by atoms with E-state index in [9.17, 15) is 13.2 Å². The quantitative estimate of drug-likeness (QED) is 0.136. The van der Waals surface area contributed by atoms with Gasteiger partial charge in [0.05, 0.1) is 16.8 Å². The van der Waals surface area contributed by atoms with Crippen molar-refractivity contribution in [1.82, 2.24) is 5.43 Å². The van der Waals surface area contributed by atoms with Crippen molar-refractivity contribution in [2.24, 2.45) is 5.10 Å². The summed E-state index contributed by atoms with van der Waals surface area (Å²) in [6.45, 7) is 3.99. The highest BCUT2D eigenvalue weighted by atomic mass is 32.2. The fourth-order valence-electron chi connectivity index (χ4n) is 3.75. The molecule has 4 aromatic rings. The van der Waals surface area contributed by atoms with Crippen LogP contribution in [0.2, 0.25) is 0 Å². The Hall–Kier alpha value is -4.08. The number of benzene rings is 4. The summed E-state index contributed by atoms with van der Waals surface area (Å²) in [7, 11) is -4.00. The van der Waals surface area contributed by atoms with Crippen LogP contribution in [0.5, 0.6) is 5.75 Å². The maximum atomic E-state index is 13.5. The van der Waals surface area contributed by atoms with E-state index < -0.39 is 22.5 Å². The van der Waals surface area contributed by atoms with E-state index in [4.69, 9.17) is 4.74 Å². The fraction of sp³-hybridized carbons (Fsp3) is 0.161. The summed E-state index contributed by atoms with van der Waals surface area (Å²) >= 11 is 1.52. The normalized spacial score (nSPS) is 11.4. The van der Waals surface area contributed by atoms with Gasteiger partial charge in [-0.3, -0.25) is 9.10 Å². The van der Waals surface area contributed by atoms with Gasteiger partial charge in [0.1, 0.15) is 18.9 Å². The lowest BCUT2D eigenvalue weighted by Gasteiger charge is -2.24. The molecule has 0 fully saturated rings. The first-order chi connectivity index (χ1) is 19.2. The van der Waals surface area contributed by atoms with Gasteiger partial charge in [-0.05, 0) is 91.9 Å². The lowest BCUT2D eigenvalue weighted by Crippen LogP contribution is -2.39. The number of aryl methyl sites for hydroxylation is 2. The Bertz CT molecular complexity index is 1550. The molecule has 0 atom stereocenters. The van der Waals surface area contributed by atoms with Gasteiger partial charge >= 0.3 is 0 Å². The molecule has 0 saturated heterocycles. The summed E-state index contributed by atoms with van der Waals surface area (Å²) in [5.41, 5.74) is 6.84. The van der Waals surface area contributed by atoms with E-state index >= 15 is 0 Å². The first-order valence-electron chi connectivity index (χ1n) is 12.6. The van der Waals surface area contributed by atoms with E-state index in [1.165, 1.54) is 23.5 Å². The lowest BCUT2D eigenvalue weighted by atomic mass is 10.2. The Morgan fingerprint density at radius 2 is 1.48 bits per heavy atom. The van der Waals surface area contributed by atoms with Crippen molar-refractivity contribution in [2.45, 2.75) is 30.2 Å². The molecule has 0 bridgehead atoms. The van der Waals surface area contributed by atoms with E-state index in [1.54, 1.807) is 48.5 Å². The zero-order valence-electron chi connectivity index (χ0n) is 22.6. The number of hydrogen-bond acceptors (Lipinski definition) is 6. The van der Waals surface area contributed by atoms with Crippen LogP contribution < -0.4 is 14.5 Å². The third-order valence-electron chi connectivity index (χ3n) is 6.07. The number of anilines is 1. The summed E-state index contributed by atoms with van der Waals surface area (Å²) < 4.78 is 34.0. The molecule has 0 aliphatic carbocycles. The second kappa shape index (κ2) is 13.3. The minimum atomic E-state index is -4.00. The SMILES string of the molecule is CSc1ccc(S(=O)(=O)N(CC(=O)N/N=C\c2ccc(OCc3ccc(C)cc3)cc2)c2ccc(C)cc2)cc1. The number of rotatable bonds is 11. The van der Waals surface area contributed by atoms with Gasteiger partial charge < -0.3 is 4.74 Å². The fourth-order valence-corrected chi connectivity index (χ4v) is 5.58. The molecule has 0 aromatic heterocycles. The molecule has 0 spiro atoms. The number of carbonyl (C=O) groups excluding carboxylic acids is 1. The highest BCUT2D eigenvalue weighted by Gasteiger charge is 2.27. The van der Waals surface area contributed by atoms with E-state index in [1.807, 2.05) is 68.6 Å². The topological polar surface area (TPSA) is 88.1 Å². The van der Waals surface area contributed by atoms with Crippen molar-refractivity contribution in [1.29, 1.82) is 0 Å². The van der Waals surface area contributed by atoms with Crippen molar-refractivity contribution in [3.63, 3.8) is 0 Å². The molecule has 0 unspecified atom stereocenters. The minimum absolute atomic E-state index is 0.104. The summed E-state index contributed by atoms with van der Waals surface area (Å²) in [4.78, 5) is 13.8. The first kappa shape index (κ1) is 28.9. The number of hydrogen-bond donors (Lipinski definition) is 1. The molecule has 206 valence electrons. The van der Waals surface area contributed by atoms with Crippen molar-refractivity contribution < 1.29 is 17.9 Å². The van der Waals surface area contributed by atoms with Crippen LogP contribution in [0, 0.1) is 13.8 Å². The summed E-state index contributed by atoms with van der Waals surface area (Å²) in [6.07, 6.45) is 3.41. The molecule has 9 heteroatoms. The second-order valence-corrected chi connectivity index (χ2v) is 11.9. The molecule has 1 N–H and O–H groups in total. The largest absolute Gasteiger partial charge is 0.489 e. The molecule has 1 amide bonds. The molecule has 4 rings (SSSR count). The monoisotopic (exact) mass is 573 g/mol. The van der Waals surface area contributed by atoms with Gasteiger partial charge in [-0.2, -0.15) is 5.10 Å². The first-order valence-corrected chi connectivity index (χ1v) is 15.2. The number of sulfonamides is 1. The van der Waals surface area contributed by atoms with Gasteiger partial charge in [0.2, 0.25) is 0 Å². The van der Waals surface area contributed by atoms with E-state index in [0.29, 0.717) is 18.0 Å². The Balaban J connectivity index is 1.40. The number of thioether (sulfide) groups is 1. The number of carbonyl (C=O) groups is 1. The van der Waals surface area contributed by atoms with Crippen LogP contribution in [0.4, 0.5) is 5.69 Å². The highest BCUT2D eigenvalue weighted by Crippen LogP contribution is 2.25. The van der Waals surface area contributed by atoms with Crippen molar-refractivity contribution in [3.8, 4) is 5.75 Å². The van der Waals surface area contributed by atoms with Gasteiger partial charge in [0, 0.05) is 4.90 Å². The molecule has 40 heavy (non-hydrogen) atoms. The van der Waals surface area contributed by atoms with Crippen LogP contribution in [0.15, 0.2) is 112 Å². The maximum Gasteiger partial charge on any atom is 0.264 e. The summed E-state index contributed by atoms with van der Waals surface area (Å²) in [5.74, 6) is 0.144. The van der Waals surface area contributed by atoms with Crippen molar-refractivity contribution >= 4 is 39.6 Å². The zero-order chi connectivity index (χ0) is 28.5. The molecule has 0 aliphatic heterocycles. The van der Waals surface area contributed by atoms with Crippen LogP contribution in [-0.4, -0.2) is 33.3 Å². The maximum absolute atomic E-state index is 13.5. The average molecular weight is 574 g/mol. The second-order valence-electron chi connectivity index (χ2n) is 9.16. The molecule has 7 nitrogen and oxygen atoms in total. The Morgan fingerprint density at radius 1 is 0.875 bits per heavy atom. The molecule has 0 radical (unpaired) electrons. The molecular weight excluding hydrogens is 542 g/mol. The molecule has 4 aromatic carbocycles. The van der Waals surface area contributed by atoms with Crippen molar-refractivity contribution in [2.75, 3.05) is 17.1 Å². The number of hydrazone groups is 1. The van der Waals surface area contributed by atoms with Crippen molar-refractivity contribution in [3.05, 3.63) is 119 Å². The predicted molar refractivity (Wildman–Crippen MR) is 162 cm³/mol. The van der Waals surface area contributed by atoms with Crippen LogP contribution in [0.3, 0.4) is 0 Å². The standard InChI is InChI=1S/C31H31N3O4S2/c1-23-4-8-26(9-5-23)22-38-28-14-10-25(11-15-28)20-32-33-31(35)21-34(27-12-6-24(2)7-13-27)40(36,37)30-18-16-29(39-3)17-19-30/h4-20H,21-22H2,1-3H3,(H,33,35)/b32-20-. The Labute approximate surface area is 239 Å². The zero-order valence-corrected chi connectivity index (χ0v) is 24.2. The van der Waals surface area contributed by atoms with Crippen LogP contribution >= 0.6 is 11.8 Å². The van der Waals surface area contributed by atoms with Gasteiger partial charge in [-0.15, -0.1) is 11.8 Å². The molecule has 0 saturated carbocycles. The summed E-state index contributed by atoms with van der Waals surface area (Å²) in [5, 5.41) is 4.02. The number of nitrogens with one attached hydrogen (secondary N) is 1. The predicted octanol–water partition coefficient (Wildman–Crippen LogP) is 5.95. The smallest absolute Gasteiger partial charge is 0.264 e. The van der Waals surface area contributed by atoms with Gasteiger partial charge in [0.15, 0.2) is 0 Å². The Morgan fingerprint density at radius 3 is 2.08 bits per heavy atom. The average Bonchev–Trinajstić information content (AvgIpc) is 2.97. The molecule has 0 heterocycles. The number of nitrogens with zero attached hydrogens (tertiary/aromatic N) is 2. The van der Waals surface area contributed by atoms with Crippen LogP contribution in [0.25, 0.3) is 0 Å².